The molecular formula is C15H20N2O2. The number of nitrogens with two attached hydrogens (primary N) is 1. The van der Waals surface area contributed by atoms with Gasteiger partial charge >= 0.3 is 0 Å². The van der Waals surface area contributed by atoms with Crippen LogP contribution >= 0.6 is 0 Å². The summed E-state index contributed by atoms with van der Waals surface area (Å²) in [6.07, 6.45) is 1.80. The van der Waals surface area contributed by atoms with Gasteiger partial charge in [0.1, 0.15) is 5.76 Å². The Morgan fingerprint density at radius 3 is 2.89 bits per heavy atom. The number of aryl methyl sites for hydroxylation is 1. The van der Waals surface area contributed by atoms with E-state index in [1.54, 1.807) is 6.26 Å². The molecule has 0 radical (unpaired) electrons. The van der Waals surface area contributed by atoms with E-state index in [4.69, 9.17) is 10.2 Å². The second kappa shape index (κ2) is 6.41. The molecule has 102 valence electrons. The Balaban J connectivity index is 1.77. The fourth-order valence-electron chi connectivity index (χ4n) is 1.90. The van der Waals surface area contributed by atoms with Crippen LogP contribution in [0.1, 0.15) is 29.4 Å². The number of nitrogens with one attached hydrogen (secondary N) is 1. The van der Waals surface area contributed by atoms with Crippen molar-refractivity contribution in [2.75, 3.05) is 12.3 Å². The van der Waals surface area contributed by atoms with Gasteiger partial charge in [0.2, 0.25) is 0 Å². The zero-order chi connectivity index (χ0) is 13.7. The summed E-state index contributed by atoms with van der Waals surface area (Å²) < 4.78 is 5.21. The van der Waals surface area contributed by atoms with Crippen molar-refractivity contribution in [3.63, 3.8) is 0 Å². The third-order valence-corrected chi connectivity index (χ3v) is 3.16. The maximum atomic E-state index is 10.1. The number of furan rings is 1. The molecule has 2 aromatic rings. The first-order valence-electron chi connectivity index (χ1n) is 6.44. The monoisotopic (exact) mass is 260 g/mol. The van der Waals surface area contributed by atoms with Crippen LogP contribution in [0.5, 0.6) is 0 Å². The first-order chi connectivity index (χ1) is 9.16. The lowest BCUT2D eigenvalue weighted by Gasteiger charge is -2.12. The molecule has 0 aliphatic rings. The fraction of sp³-hybridized carbons (Fsp3) is 0.333. The van der Waals surface area contributed by atoms with E-state index >= 15 is 0 Å². The average molecular weight is 260 g/mol. The highest BCUT2D eigenvalue weighted by atomic mass is 16.3. The number of aliphatic hydroxyl groups is 1. The van der Waals surface area contributed by atoms with Gasteiger partial charge in [-0.15, -0.1) is 0 Å². The summed E-state index contributed by atoms with van der Waals surface area (Å²) in [7, 11) is 0. The van der Waals surface area contributed by atoms with Crippen LogP contribution < -0.4 is 11.1 Å². The van der Waals surface area contributed by atoms with Crippen molar-refractivity contribution in [2.24, 2.45) is 0 Å². The van der Waals surface area contributed by atoms with E-state index < -0.39 is 6.10 Å². The van der Waals surface area contributed by atoms with Crippen molar-refractivity contribution in [3.8, 4) is 0 Å². The third-order valence-electron chi connectivity index (χ3n) is 3.16. The quantitative estimate of drug-likeness (QED) is 0.551. The zero-order valence-electron chi connectivity index (χ0n) is 11.1. The molecule has 0 saturated heterocycles. The number of nitrogen functional groups attached to an aromatic ring is 1. The van der Waals surface area contributed by atoms with Gasteiger partial charge in [-0.05, 0) is 49.2 Å². The molecular weight excluding hydrogens is 240 g/mol. The molecule has 0 fully saturated rings. The summed E-state index contributed by atoms with van der Waals surface area (Å²) in [6, 6.07) is 9.48. The Morgan fingerprint density at radius 2 is 2.21 bits per heavy atom. The molecule has 4 nitrogen and oxygen atoms in total. The smallest absolute Gasteiger partial charge is 0.117 e. The Kier molecular flexibility index (Phi) is 4.60. The van der Waals surface area contributed by atoms with Gasteiger partial charge in [-0.25, -0.2) is 0 Å². The first kappa shape index (κ1) is 13.6. The highest BCUT2D eigenvalue weighted by Gasteiger charge is 2.08. The molecule has 2 rings (SSSR count). The van der Waals surface area contributed by atoms with Crippen LogP contribution in [0.4, 0.5) is 5.69 Å². The van der Waals surface area contributed by atoms with Crippen LogP contribution in [-0.4, -0.2) is 11.7 Å². The Morgan fingerprint density at radius 1 is 1.37 bits per heavy atom. The van der Waals surface area contributed by atoms with E-state index in [0.29, 0.717) is 13.0 Å². The topological polar surface area (TPSA) is 71.4 Å². The fourth-order valence-corrected chi connectivity index (χ4v) is 1.90. The number of hydrogen-bond donors (Lipinski definition) is 3. The number of hydrogen-bond acceptors (Lipinski definition) is 4. The molecule has 4 N–H and O–H groups in total. The zero-order valence-corrected chi connectivity index (χ0v) is 11.1. The highest BCUT2D eigenvalue weighted by molar-refractivity contribution is 5.48. The van der Waals surface area contributed by atoms with Crippen LogP contribution in [-0.2, 0) is 6.54 Å². The van der Waals surface area contributed by atoms with E-state index in [2.05, 4.69) is 5.32 Å². The maximum Gasteiger partial charge on any atom is 0.117 e. The van der Waals surface area contributed by atoms with Crippen molar-refractivity contribution >= 4 is 5.69 Å². The van der Waals surface area contributed by atoms with Gasteiger partial charge in [-0.1, -0.05) is 12.1 Å². The lowest BCUT2D eigenvalue weighted by atomic mass is 10.0. The van der Waals surface area contributed by atoms with Crippen LogP contribution in [0.3, 0.4) is 0 Å². The van der Waals surface area contributed by atoms with Crippen LogP contribution in [0, 0.1) is 6.92 Å². The van der Waals surface area contributed by atoms with Gasteiger partial charge in [-0.2, -0.15) is 0 Å². The average Bonchev–Trinajstić information content (AvgIpc) is 2.91. The lowest BCUT2D eigenvalue weighted by molar-refractivity contribution is 0.166. The van der Waals surface area contributed by atoms with Gasteiger partial charge in [0, 0.05) is 5.69 Å². The second-order valence-electron chi connectivity index (χ2n) is 4.68. The Labute approximate surface area is 113 Å². The molecule has 19 heavy (non-hydrogen) atoms. The standard InChI is InChI=1S/C15H20N2O2/c1-11-4-5-12(9-14(11)16)15(18)6-7-17-10-13-3-2-8-19-13/h2-5,8-9,15,17-18H,6-7,10,16H2,1H3. The van der Waals surface area contributed by atoms with Gasteiger partial charge in [0.15, 0.2) is 0 Å². The predicted molar refractivity (Wildman–Crippen MR) is 75.6 cm³/mol. The van der Waals surface area contributed by atoms with Crippen LogP contribution in [0.25, 0.3) is 0 Å². The SMILES string of the molecule is Cc1ccc(C(O)CCNCc2ccco2)cc1N. The molecule has 1 unspecified atom stereocenters. The molecule has 0 aliphatic heterocycles. The van der Waals surface area contributed by atoms with Gasteiger partial charge in [-0.3, -0.25) is 0 Å². The largest absolute Gasteiger partial charge is 0.468 e. The number of benzene rings is 1. The normalized spacial score (nSPS) is 12.5. The van der Waals surface area contributed by atoms with Gasteiger partial charge in [0.05, 0.1) is 18.9 Å². The molecule has 0 amide bonds. The molecule has 0 spiro atoms. The summed E-state index contributed by atoms with van der Waals surface area (Å²) in [5, 5.41) is 13.3. The van der Waals surface area contributed by atoms with Crippen molar-refractivity contribution in [1.29, 1.82) is 0 Å². The van der Waals surface area contributed by atoms with Crippen molar-refractivity contribution in [2.45, 2.75) is 26.0 Å². The van der Waals surface area contributed by atoms with Crippen molar-refractivity contribution < 1.29 is 9.52 Å². The Bertz CT molecular complexity index is 509. The third kappa shape index (κ3) is 3.84. The van der Waals surface area contributed by atoms with E-state index in [0.717, 1.165) is 29.1 Å². The van der Waals surface area contributed by atoms with Crippen molar-refractivity contribution in [3.05, 3.63) is 53.5 Å². The first-order valence-corrected chi connectivity index (χ1v) is 6.44. The van der Waals surface area contributed by atoms with Crippen LogP contribution in [0.15, 0.2) is 41.0 Å². The highest BCUT2D eigenvalue weighted by Crippen LogP contribution is 2.21. The number of aliphatic hydroxyl groups excluding tert-OH is 1. The molecule has 0 aliphatic carbocycles. The summed E-state index contributed by atoms with van der Waals surface area (Å²) in [5.41, 5.74) is 8.46. The van der Waals surface area contributed by atoms with Gasteiger partial charge in [0.25, 0.3) is 0 Å². The van der Waals surface area contributed by atoms with E-state index in [9.17, 15) is 5.11 Å². The summed E-state index contributed by atoms with van der Waals surface area (Å²) in [5.74, 6) is 0.897. The van der Waals surface area contributed by atoms with Crippen molar-refractivity contribution in [1.82, 2.24) is 5.32 Å². The van der Waals surface area contributed by atoms with E-state index in [1.165, 1.54) is 0 Å². The minimum atomic E-state index is -0.494. The summed E-state index contributed by atoms with van der Waals surface area (Å²) in [4.78, 5) is 0. The number of rotatable bonds is 6. The van der Waals surface area contributed by atoms with Gasteiger partial charge < -0.3 is 20.6 Å². The molecule has 1 atom stereocenters. The molecule has 1 aromatic carbocycles. The van der Waals surface area contributed by atoms with E-state index in [1.807, 2.05) is 37.3 Å². The summed E-state index contributed by atoms with van der Waals surface area (Å²) in [6.45, 7) is 3.35. The molecule has 0 bridgehead atoms. The van der Waals surface area contributed by atoms with Crippen LogP contribution in [0.2, 0.25) is 0 Å². The molecule has 4 heteroatoms. The maximum absolute atomic E-state index is 10.1. The Hall–Kier alpha value is -1.78. The lowest BCUT2D eigenvalue weighted by Crippen LogP contribution is -2.17. The molecule has 1 heterocycles. The summed E-state index contributed by atoms with van der Waals surface area (Å²) >= 11 is 0. The van der Waals surface area contributed by atoms with E-state index in [-0.39, 0.29) is 0 Å². The minimum Gasteiger partial charge on any atom is -0.468 e. The second-order valence-corrected chi connectivity index (χ2v) is 4.68. The predicted octanol–water partition coefficient (Wildman–Crippen LogP) is 2.38. The number of anilines is 1. The molecule has 0 saturated carbocycles. The molecule has 1 aromatic heterocycles. The minimum absolute atomic E-state index is 0.494.